The smallest absolute Gasteiger partial charge is 0.271 e. The molecule has 0 aliphatic heterocycles. The van der Waals surface area contributed by atoms with Crippen LogP contribution < -0.4 is 10.2 Å². The van der Waals surface area contributed by atoms with Crippen molar-refractivity contribution in [2.24, 2.45) is 5.10 Å². The Morgan fingerprint density at radius 2 is 2.00 bits per heavy atom. The van der Waals surface area contributed by atoms with Gasteiger partial charge in [-0.25, -0.2) is 5.43 Å². The van der Waals surface area contributed by atoms with E-state index >= 15 is 0 Å². The minimum atomic E-state index is -0.240. The summed E-state index contributed by atoms with van der Waals surface area (Å²) >= 11 is 0. The van der Waals surface area contributed by atoms with Gasteiger partial charge in [-0.15, -0.1) is 0 Å². The summed E-state index contributed by atoms with van der Waals surface area (Å²) in [5.74, 6) is 0.503. The average molecular weight is 282 g/mol. The van der Waals surface area contributed by atoms with E-state index in [1.54, 1.807) is 25.5 Å². The summed E-state index contributed by atoms with van der Waals surface area (Å²) in [5, 5.41) is 3.98. The number of amides is 1. The van der Waals surface area contributed by atoms with Crippen molar-refractivity contribution in [3.05, 3.63) is 65.2 Å². The fourth-order valence-corrected chi connectivity index (χ4v) is 1.90. The summed E-state index contributed by atoms with van der Waals surface area (Å²) in [5.41, 5.74) is 5.09. The highest BCUT2D eigenvalue weighted by Crippen LogP contribution is 2.18. The third-order valence-corrected chi connectivity index (χ3v) is 3.11. The molecule has 2 aromatic carbocycles. The molecule has 0 unspecified atom stereocenters. The van der Waals surface area contributed by atoms with Crippen LogP contribution in [0.2, 0.25) is 0 Å². The zero-order valence-electron chi connectivity index (χ0n) is 12.2. The van der Waals surface area contributed by atoms with Crippen molar-refractivity contribution < 1.29 is 9.53 Å². The Morgan fingerprint density at radius 3 is 2.67 bits per heavy atom. The Kier molecular flexibility index (Phi) is 5.10. The SMILES string of the molecule is CCc1ccc(/C=N/NC(=O)c2ccccc2)c(OC)c1. The van der Waals surface area contributed by atoms with E-state index in [4.69, 9.17) is 4.74 Å². The number of rotatable bonds is 5. The van der Waals surface area contributed by atoms with E-state index < -0.39 is 0 Å². The van der Waals surface area contributed by atoms with Crippen LogP contribution in [0.25, 0.3) is 0 Å². The van der Waals surface area contributed by atoms with Crippen molar-refractivity contribution >= 4 is 12.1 Å². The summed E-state index contributed by atoms with van der Waals surface area (Å²) < 4.78 is 5.33. The van der Waals surface area contributed by atoms with E-state index in [0.29, 0.717) is 5.56 Å². The van der Waals surface area contributed by atoms with Gasteiger partial charge in [0.15, 0.2) is 0 Å². The zero-order chi connectivity index (χ0) is 15.1. The monoisotopic (exact) mass is 282 g/mol. The molecule has 0 aliphatic rings. The molecule has 0 saturated heterocycles. The summed E-state index contributed by atoms with van der Waals surface area (Å²) in [4.78, 5) is 11.8. The lowest BCUT2D eigenvalue weighted by atomic mass is 10.1. The number of benzene rings is 2. The van der Waals surface area contributed by atoms with Crippen molar-refractivity contribution in [2.45, 2.75) is 13.3 Å². The molecule has 0 radical (unpaired) electrons. The average Bonchev–Trinajstić information content (AvgIpc) is 2.55. The van der Waals surface area contributed by atoms with Gasteiger partial charge in [-0.1, -0.05) is 31.2 Å². The summed E-state index contributed by atoms with van der Waals surface area (Å²) in [6, 6.07) is 14.9. The number of carbonyl (C=O) groups is 1. The van der Waals surface area contributed by atoms with E-state index in [1.807, 2.05) is 36.4 Å². The minimum Gasteiger partial charge on any atom is -0.496 e. The Morgan fingerprint density at radius 1 is 1.24 bits per heavy atom. The number of ether oxygens (including phenoxy) is 1. The van der Waals surface area contributed by atoms with Gasteiger partial charge in [0.25, 0.3) is 5.91 Å². The van der Waals surface area contributed by atoms with E-state index in [2.05, 4.69) is 17.5 Å². The molecule has 2 rings (SSSR count). The summed E-state index contributed by atoms with van der Waals surface area (Å²) in [6.07, 6.45) is 2.53. The van der Waals surface area contributed by atoms with Crippen molar-refractivity contribution in [1.29, 1.82) is 0 Å². The number of hydrogen-bond donors (Lipinski definition) is 1. The number of methoxy groups -OCH3 is 1. The molecule has 1 amide bonds. The molecule has 0 saturated carbocycles. The third-order valence-electron chi connectivity index (χ3n) is 3.11. The molecule has 0 aliphatic carbocycles. The van der Waals surface area contributed by atoms with Crippen LogP contribution in [0.1, 0.15) is 28.4 Å². The first-order valence-electron chi connectivity index (χ1n) is 6.80. The van der Waals surface area contributed by atoms with Crippen LogP contribution in [-0.2, 0) is 6.42 Å². The fourth-order valence-electron chi connectivity index (χ4n) is 1.90. The topological polar surface area (TPSA) is 50.7 Å². The number of nitrogens with zero attached hydrogens (tertiary/aromatic N) is 1. The first kappa shape index (κ1) is 14.8. The first-order valence-corrected chi connectivity index (χ1v) is 6.80. The lowest BCUT2D eigenvalue weighted by Gasteiger charge is -2.06. The predicted molar refractivity (Wildman–Crippen MR) is 83.9 cm³/mol. The number of carbonyl (C=O) groups excluding carboxylic acids is 1. The Labute approximate surface area is 124 Å². The zero-order valence-corrected chi connectivity index (χ0v) is 12.2. The van der Waals surface area contributed by atoms with Gasteiger partial charge in [-0.3, -0.25) is 4.79 Å². The van der Waals surface area contributed by atoms with Crippen LogP contribution >= 0.6 is 0 Å². The van der Waals surface area contributed by atoms with Crippen molar-refractivity contribution in [3.8, 4) is 5.75 Å². The van der Waals surface area contributed by atoms with Crippen molar-refractivity contribution in [2.75, 3.05) is 7.11 Å². The first-order chi connectivity index (χ1) is 10.2. The molecule has 0 bridgehead atoms. The van der Waals surface area contributed by atoms with Crippen LogP contribution in [0.5, 0.6) is 5.75 Å². The van der Waals surface area contributed by atoms with Crippen LogP contribution in [0, 0.1) is 0 Å². The van der Waals surface area contributed by atoms with Gasteiger partial charge in [0.05, 0.1) is 13.3 Å². The highest BCUT2D eigenvalue weighted by molar-refractivity contribution is 5.95. The fraction of sp³-hybridized carbons (Fsp3) is 0.176. The van der Waals surface area contributed by atoms with Crippen LogP contribution in [0.15, 0.2) is 53.6 Å². The summed E-state index contributed by atoms with van der Waals surface area (Å²) in [6.45, 7) is 2.09. The molecule has 2 aromatic rings. The maximum absolute atomic E-state index is 11.8. The van der Waals surface area contributed by atoms with Gasteiger partial charge in [0.2, 0.25) is 0 Å². The molecule has 21 heavy (non-hydrogen) atoms. The van der Waals surface area contributed by atoms with Gasteiger partial charge in [-0.05, 0) is 36.2 Å². The van der Waals surface area contributed by atoms with Crippen molar-refractivity contribution in [3.63, 3.8) is 0 Å². The second kappa shape index (κ2) is 7.24. The molecule has 1 N–H and O–H groups in total. The lowest BCUT2D eigenvalue weighted by molar-refractivity contribution is 0.0955. The van der Waals surface area contributed by atoms with Gasteiger partial charge in [-0.2, -0.15) is 5.10 Å². The quantitative estimate of drug-likeness (QED) is 0.677. The molecule has 0 heterocycles. The van der Waals surface area contributed by atoms with E-state index in [9.17, 15) is 4.79 Å². The summed E-state index contributed by atoms with van der Waals surface area (Å²) in [7, 11) is 1.62. The second-order valence-corrected chi connectivity index (χ2v) is 4.50. The maximum atomic E-state index is 11.8. The molecular weight excluding hydrogens is 264 g/mol. The Balaban J connectivity index is 2.06. The third kappa shape index (κ3) is 3.92. The van der Waals surface area contributed by atoms with Crippen molar-refractivity contribution in [1.82, 2.24) is 5.43 Å². The van der Waals surface area contributed by atoms with Crippen LogP contribution in [0.4, 0.5) is 0 Å². The van der Waals surface area contributed by atoms with E-state index in [-0.39, 0.29) is 5.91 Å². The molecule has 4 heteroatoms. The second-order valence-electron chi connectivity index (χ2n) is 4.50. The number of nitrogens with one attached hydrogen (secondary N) is 1. The number of hydrogen-bond acceptors (Lipinski definition) is 3. The highest BCUT2D eigenvalue weighted by atomic mass is 16.5. The van der Waals surface area contributed by atoms with Crippen LogP contribution in [0.3, 0.4) is 0 Å². The minimum absolute atomic E-state index is 0.240. The van der Waals surface area contributed by atoms with Gasteiger partial charge in [0, 0.05) is 11.1 Å². The normalized spacial score (nSPS) is 10.6. The van der Waals surface area contributed by atoms with Gasteiger partial charge < -0.3 is 4.74 Å². The van der Waals surface area contributed by atoms with E-state index in [1.165, 1.54) is 5.56 Å². The lowest BCUT2D eigenvalue weighted by Crippen LogP contribution is -2.17. The van der Waals surface area contributed by atoms with E-state index in [0.717, 1.165) is 17.7 Å². The molecule has 4 nitrogen and oxygen atoms in total. The van der Waals surface area contributed by atoms with Crippen LogP contribution in [-0.4, -0.2) is 19.2 Å². The number of hydrazone groups is 1. The molecule has 0 atom stereocenters. The molecule has 0 aromatic heterocycles. The predicted octanol–water partition coefficient (Wildman–Crippen LogP) is 3.02. The van der Waals surface area contributed by atoms with Gasteiger partial charge in [0.1, 0.15) is 5.75 Å². The van der Waals surface area contributed by atoms with Gasteiger partial charge >= 0.3 is 0 Å². The Bertz CT molecular complexity index is 636. The molecule has 0 spiro atoms. The largest absolute Gasteiger partial charge is 0.496 e. The molecule has 0 fully saturated rings. The molecule has 108 valence electrons. The number of aryl methyl sites for hydroxylation is 1. The molecular formula is C17H18N2O2. The standard InChI is InChI=1S/C17H18N2O2/c1-3-13-9-10-15(16(11-13)21-2)12-18-19-17(20)14-7-5-4-6-8-14/h4-12H,3H2,1-2H3,(H,19,20)/b18-12+. The Hall–Kier alpha value is -2.62. The highest BCUT2D eigenvalue weighted by Gasteiger charge is 2.03. The maximum Gasteiger partial charge on any atom is 0.271 e.